The molecule has 1 aliphatic carbocycles. The number of nitrogens with one attached hydrogen (secondary N) is 2. The quantitative estimate of drug-likeness (QED) is 0.525. The molecule has 1 amide bonds. The summed E-state index contributed by atoms with van der Waals surface area (Å²) >= 11 is 0. The Labute approximate surface area is 149 Å². The number of fused-ring (bicyclic) bond motifs is 1. The molecule has 3 N–H and O–H groups in total. The van der Waals surface area contributed by atoms with Crippen LogP contribution in [0.15, 0.2) is 30.0 Å². The lowest BCUT2D eigenvalue weighted by Crippen LogP contribution is -2.31. The van der Waals surface area contributed by atoms with Crippen molar-refractivity contribution in [1.29, 1.82) is 5.26 Å². The average molecular weight is 341 g/mol. The topological polar surface area (TPSA) is 85.2 Å². The SMILES string of the molecule is CCC(CO)N/C=C(/C#N)C(=O)NC(C)c1ccc2c(c1)CCCC2. The summed E-state index contributed by atoms with van der Waals surface area (Å²) in [4.78, 5) is 12.3. The lowest BCUT2D eigenvalue weighted by molar-refractivity contribution is -0.117. The van der Waals surface area contributed by atoms with Crippen molar-refractivity contribution in [2.24, 2.45) is 0 Å². The van der Waals surface area contributed by atoms with Gasteiger partial charge in [0.2, 0.25) is 0 Å². The van der Waals surface area contributed by atoms with Crippen LogP contribution in [0.5, 0.6) is 0 Å². The summed E-state index contributed by atoms with van der Waals surface area (Å²) in [5.74, 6) is -0.409. The molecule has 5 nitrogen and oxygen atoms in total. The van der Waals surface area contributed by atoms with Gasteiger partial charge in [-0.1, -0.05) is 25.1 Å². The van der Waals surface area contributed by atoms with Crippen LogP contribution in [0.25, 0.3) is 0 Å². The summed E-state index contributed by atoms with van der Waals surface area (Å²) < 4.78 is 0. The van der Waals surface area contributed by atoms with Crippen molar-refractivity contribution in [3.05, 3.63) is 46.7 Å². The van der Waals surface area contributed by atoms with Crippen molar-refractivity contribution in [3.63, 3.8) is 0 Å². The van der Waals surface area contributed by atoms with Crippen LogP contribution < -0.4 is 10.6 Å². The van der Waals surface area contributed by atoms with Crippen LogP contribution in [-0.2, 0) is 17.6 Å². The van der Waals surface area contributed by atoms with Crippen LogP contribution in [0.4, 0.5) is 0 Å². The van der Waals surface area contributed by atoms with Gasteiger partial charge in [0.15, 0.2) is 0 Å². The first-order chi connectivity index (χ1) is 12.1. The van der Waals surface area contributed by atoms with E-state index in [2.05, 4.69) is 28.8 Å². The van der Waals surface area contributed by atoms with Crippen LogP contribution in [0.3, 0.4) is 0 Å². The van der Waals surface area contributed by atoms with E-state index in [1.165, 1.54) is 30.2 Å². The Kier molecular flexibility index (Phi) is 7.03. The molecular formula is C20H27N3O2. The number of hydrogen-bond donors (Lipinski definition) is 3. The van der Waals surface area contributed by atoms with Crippen molar-refractivity contribution in [1.82, 2.24) is 10.6 Å². The maximum atomic E-state index is 12.3. The van der Waals surface area contributed by atoms with E-state index in [0.717, 1.165) is 18.4 Å². The number of aryl methyl sites for hydroxylation is 2. The lowest BCUT2D eigenvalue weighted by atomic mass is 9.89. The fourth-order valence-corrected chi connectivity index (χ4v) is 3.03. The second-order valence-corrected chi connectivity index (χ2v) is 6.55. The van der Waals surface area contributed by atoms with Gasteiger partial charge in [0.1, 0.15) is 11.6 Å². The Morgan fingerprint density at radius 3 is 2.72 bits per heavy atom. The number of amides is 1. The number of rotatable bonds is 7. The monoisotopic (exact) mass is 341 g/mol. The predicted molar refractivity (Wildman–Crippen MR) is 97.6 cm³/mol. The van der Waals surface area contributed by atoms with E-state index in [1.807, 2.05) is 19.9 Å². The number of carbonyl (C=O) groups excluding carboxylic acids is 1. The van der Waals surface area contributed by atoms with Gasteiger partial charge in [-0.3, -0.25) is 4.79 Å². The fraction of sp³-hybridized carbons (Fsp3) is 0.500. The van der Waals surface area contributed by atoms with E-state index >= 15 is 0 Å². The first-order valence-electron chi connectivity index (χ1n) is 8.98. The number of aliphatic hydroxyl groups excluding tert-OH is 1. The molecule has 2 atom stereocenters. The zero-order valence-corrected chi connectivity index (χ0v) is 15.0. The van der Waals surface area contributed by atoms with Crippen molar-refractivity contribution in [2.45, 2.75) is 58.0 Å². The molecule has 0 saturated heterocycles. The highest BCUT2D eigenvalue weighted by Crippen LogP contribution is 2.24. The van der Waals surface area contributed by atoms with Crippen LogP contribution in [0.2, 0.25) is 0 Å². The standard InChI is InChI=1S/C20H27N3O2/c1-3-19(13-24)22-12-18(11-21)20(25)23-14(2)16-9-8-15-6-4-5-7-17(15)10-16/h8-10,12,14,19,22,24H,3-7,13H2,1-2H3,(H,23,25)/b18-12-. The minimum absolute atomic E-state index is 0.0108. The molecule has 25 heavy (non-hydrogen) atoms. The van der Waals surface area contributed by atoms with Gasteiger partial charge in [-0.05, 0) is 55.7 Å². The molecule has 0 aromatic heterocycles. The van der Waals surface area contributed by atoms with Gasteiger partial charge >= 0.3 is 0 Å². The zero-order chi connectivity index (χ0) is 18.2. The molecule has 1 aliphatic rings. The molecule has 0 radical (unpaired) electrons. The average Bonchev–Trinajstić information content (AvgIpc) is 2.64. The highest BCUT2D eigenvalue weighted by molar-refractivity contribution is 5.97. The Bertz CT molecular complexity index is 672. The summed E-state index contributed by atoms with van der Waals surface area (Å²) in [7, 11) is 0. The Balaban J connectivity index is 2.03. The third kappa shape index (κ3) is 5.07. The number of benzene rings is 1. The maximum Gasteiger partial charge on any atom is 0.263 e. The molecule has 0 aliphatic heterocycles. The summed E-state index contributed by atoms with van der Waals surface area (Å²) in [6.07, 6.45) is 6.78. The Hall–Kier alpha value is -2.32. The molecule has 0 fully saturated rings. The first-order valence-corrected chi connectivity index (χ1v) is 8.98. The van der Waals surface area contributed by atoms with Gasteiger partial charge in [-0.15, -0.1) is 0 Å². The number of hydrogen-bond acceptors (Lipinski definition) is 4. The lowest BCUT2D eigenvalue weighted by Gasteiger charge is -2.20. The van der Waals surface area contributed by atoms with Crippen molar-refractivity contribution < 1.29 is 9.90 Å². The molecule has 1 aromatic rings. The van der Waals surface area contributed by atoms with Gasteiger partial charge < -0.3 is 15.7 Å². The number of nitriles is 1. The smallest absolute Gasteiger partial charge is 0.263 e. The Morgan fingerprint density at radius 1 is 1.36 bits per heavy atom. The number of nitrogens with zero attached hydrogens (tertiary/aromatic N) is 1. The van der Waals surface area contributed by atoms with Gasteiger partial charge in [-0.2, -0.15) is 5.26 Å². The molecule has 134 valence electrons. The van der Waals surface area contributed by atoms with Crippen LogP contribution in [-0.4, -0.2) is 23.7 Å². The van der Waals surface area contributed by atoms with E-state index < -0.39 is 5.91 Å². The summed E-state index contributed by atoms with van der Waals surface area (Å²) in [5.41, 5.74) is 3.85. The molecule has 2 unspecified atom stereocenters. The zero-order valence-electron chi connectivity index (χ0n) is 15.0. The fourth-order valence-electron chi connectivity index (χ4n) is 3.03. The third-order valence-corrected chi connectivity index (χ3v) is 4.76. The van der Waals surface area contributed by atoms with Gasteiger partial charge in [0, 0.05) is 12.2 Å². The molecule has 0 heterocycles. The molecule has 0 saturated carbocycles. The van der Waals surface area contributed by atoms with Gasteiger partial charge in [0.05, 0.1) is 12.6 Å². The molecule has 1 aromatic carbocycles. The second-order valence-electron chi connectivity index (χ2n) is 6.55. The van der Waals surface area contributed by atoms with Gasteiger partial charge in [-0.25, -0.2) is 0 Å². The van der Waals surface area contributed by atoms with Crippen LogP contribution in [0.1, 0.15) is 55.8 Å². The normalized spacial score (nSPS) is 16.3. The molecule has 0 bridgehead atoms. The van der Waals surface area contributed by atoms with Crippen molar-refractivity contribution in [3.8, 4) is 6.07 Å². The second kappa shape index (κ2) is 9.24. The van der Waals surface area contributed by atoms with E-state index in [-0.39, 0.29) is 24.3 Å². The molecule has 2 rings (SSSR count). The molecular weight excluding hydrogens is 314 g/mol. The first kappa shape index (κ1) is 19.0. The number of carbonyl (C=O) groups is 1. The van der Waals surface area contributed by atoms with Crippen molar-refractivity contribution in [2.75, 3.05) is 6.61 Å². The maximum absolute atomic E-state index is 12.3. The highest BCUT2D eigenvalue weighted by atomic mass is 16.3. The van der Waals surface area contributed by atoms with E-state index in [0.29, 0.717) is 6.42 Å². The van der Waals surface area contributed by atoms with Crippen LogP contribution in [0, 0.1) is 11.3 Å². The summed E-state index contributed by atoms with van der Waals surface area (Å²) in [6.45, 7) is 3.80. The number of aliphatic hydroxyl groups is 1. The van der Waals surface area contributed by atoms with Crippen molar-refractivity contribution >= 4 is 5.91 Å². The third-order valence-electron chi connectivity index (χ3n) is 4.76. The summed E-state index contributed by atoms with van der Waals surface area (Å²) in [6, 6.07) is 7.97. The summed E-state index contributed by atoms with van der Waals surface area (Å²) in [5, 5.41) is 24.2. The van der Waals surface area contributed by atoms with E-state index in [1.54, 1.807) is 0 Å². The minimum atomic E-state index is -0.409. The van der Waals surface area contributed by atoms with Crippen LogP contribution >= 0.6 is 0 Å². The Morgan fingerprint density at radius 2 is 2.08 bits per heavy atom. The molecule has 5 heteroatoms. The molecule has 0 spiro atoms. The van der Waals surface area contributed by atoms with E-state index in [9.17, 15) is 10.1 Å². The highest BCUT2D eigenvalue weighted by Gasteiger charge is 2.16. The van der Waals surface area contributed by atoms with Gasteiger partial charge in [0.25, 0.3) is 5.91 Å². The minimum Gasteiger partial charge on any atom is -0.394 e. The van der Waals surface area contributed by atoms with E-state index in [4.69, 9.17) is 5.11 Å². The largest absolute Gasteiger partial charge is 0.394 e. The predicted octanol–water partition coefficient (Wildman–Crippen LogP) is 2.51.